The summed E-state index contributed by atoms with van der Waals surface area (Å²) < 4.78 is 0.948. The van der Waals surface area contributed by atoms with E-state index in [1.54, 1.807) is 0 Å². The van der Waals surface area contributed by atoms with Crippen molar-refractivity contribution < 1.29 is 4.79 Å². The minimum Gasteiger partial charge on any atom is -0.336 e. The topological polar surface area (TPSA) is 36.4 Å². The Labute approximate surface area is 154 Å². The third-order valence-corrected chi connectivity index (χ3v) is 6.37. The molecule has 4 rings (SSSR count). The van der Waals surface area contributed by atoms with E-state index < -0.39 is 0 Å². The van der Waals surface area contributed by atoms with Crippen LogP contribution in [0.5, 0.6) is 0 Å². The molecule has 24 heavy (non-hydrogen) atoms. The van der Waals surface area contributed by atoms with Gasteiger partial charge in [0.1, 0.15) is 5.01 Å². The van der Waals surface area contributed by atoms with Crippen LogP contribution in [0, 0.1) is 0 Å². The van der Waals surface area contributed by atoms with E-state index in [2.05, 4.69) is 20.8 Å². The number of nitrogens with zero attached hydrogens (tertiary/aromatic N) is 3. The van der Waals surface area contributed by atoms with E-state index in [1.165, 1.54) is 28.4 Å². The van der Waals surface area contributed by atoms with Crippen molar-refractivity contribution in [3.63, 3.8) is 0 Å². The summed E-state index contributed by atoms with van der Waals surface area (Å²) in [6, 6.07) is 7.64. The first-order valence-electron chi connectivity index (χ1n) is 8.44. The number of rotatable bonds is 3. The predicted octanol–water partition coefficient (Wildman–Crippen LogP) is 3.35. The molecule has 0 saturated carbocycles. The summed E-state index contributed by atoms with van der Waals surface area (Å²) in [5.41, 5.74) is 2.09. The van der Waals surface area contributed by atoms with Crippen molar-refractivity contribution in [2.45, 2.75) is 25.8 Å². The smallest absolute Gasteiger partial charge is 0.253 e. The quantitative estimate of drug-likeness (QED) is 0.785. The fraction of sp³-hybridized carbons (Fsp3) is 0.444. The average Bonchev–Trinajstić information content (AvgIpc) is 3.16. The number of benzene rings is 1. The Balaban J connectivity index is 1.33. The minimum absolute atomic E-state index is 0.129. The highest BCUT2D eigenvalue weighted by Crippen LogP contribution is 2.28. The summed E-state index contributed by atoms with van der Waals surface area (Å²) in [6.07, 6.45) is 3.63. The number of aromatic nitrogens is 1. The number of carbonyl (C=O) groups is 1. The van der Waals surface area contributed by atoms with Gasteiger partial charge in [-0.25, -0.2) is 4.98 Å². The van der Waals surface area contributed by atoms with Crippen molar-refractivity contribution in [2.24, 2.45) is 0 Å². The molecular formula is C18H20BrN3OS. The number of amides is 1. The zero-order chi connectivity index (χ0) is 16.5. The fourth-order valence-electron chi connectivity index (χ4n) is 3.42. The summed E-state index contributed by atoms with van der Waals surface area (Å²) in [4.78, 5) is 23.2. The van der Waals surface area contributed by atoms with Gasteiger partial charge >= 0.3 is 0 Å². The van der Waals surface area contributed by atoms with E-state index in [9.17, 15) is 4.79 Å². The second-order valence-electron chi connectivity index (χ2n) is 6.41. The Morgan fingerprint density at radius 2 is 2.04 bits per heavy atom. The summed E-state index contributed by atoms with van der Waals surface area (Å²) in [7, 11) is 0. The number of hydrogen-bond acceptors (Lipinski definition) is 4. The monoisotopic (exact) mass is 405 g/mol. The number of hydrogen-bond donors (Lipinski definition) is 0. The van der Waals surface area contributed by atoms with Crippen LogP contribution in [0.4, 0.5) is 0 Å². The van der Waals surface area contributed by atoms with E-state index in [0.29, 0.717) is 0 Å². The van der Waals surface area contributed by atoms with Gasteiger partial charge in [0.2, 0.25) is 0 Å². The summed E-state index contributed by atoms with van der Waals surface area (Å²) in [6.45, 7) is 4.34. The molecule has 1 fully saturated rings. The maximum Gasteiger partial charge on any atom is 0.253 e. The number of fused-ring (bicyclic) bond motifs is 1. The normalized spacial score (nSPS) is 18.0. The molecule has 0 atom stereocenters. The minimum atomic E-state index is 0.129. The average molecular weight is 406 g/mol. The summed E-state index contributed by atoms with van der Waals surface area (Å²) in [5.74, 6) is 0.129. The van der Waals surface area contributed by atoms with E-state index >= 15 is 0 Å². The standard InChI is InChI=1S/C18H20BrN3OS/c19-14-4-1-3-13(11-14)18(23)22-9-7-21(8-10-22)12-17-20-15-5-2-6-16(15)24-17/h1,3-4,11H,2,5-10,12H2. The molecule has 6 heteroatoms. The molecule has 2 aromatic rings. The molecule has 1 aromatic heterocycles. The molecule has 1 aliphatic carbocycles. The first-order valence-corrected chi connectivity index (χ1v) is 10.0. The molecule has 0 radical (unpaired) electrons. The highest BCUT2D eigenvalue weighted by Gasteiger charge is 2.24. The number of halogens is 1. The summed E-state index contributed by atoms with van der Waals surface area (Å²) in [5, 5.41) is 1.24. The van der Waals surface area contributed by atoms with Crippen molar-refractivity contribution in [1.82, 2.24) is 14.8 Å². The van der Waals surface area contributed by atoms with Crippen LogP contribution in [-0.4, -0.2) is 46.9 Å². The third-order valence-electron chi connectivity index (χ3n) is 4.73. The summed E-state index contributed by atoms with van der Waals surface area (Å²) >= 11 is 5.32. The second-order valence-corrected chi connectivity index (χ2v) is 8.49. The Hall–Kier alpha value is -1.24. The van der Waals surface area contributed by atoms with Crippen LogP contribution < -0.4 is 0 Å². The van der Waals surface area contributed by atoms with Crippen LogP contribution in [0.1, 0.15) is 32.4 Å². The SMILES string of the molecule is O=C(c1cccc(Br)c1)N1CCN(Cc2nc3c(s2)CCC3)CC1. The number of thiazole rings is 1. The molecule has 0 bridgehead atoms. The van der Waals surface area contributed by atoms with E-state index in [1.807, 2.05) is 40.5 Å². The fourth-order valence-corrected chi connectivity index (χ4v) is 5.01. The Morgan fingerprint density at radius 3 is 2.79 bits per heavy atom. The van der Waals surface area contributed by atoms with Crippen molar-refractivity contribution >= 4 is 33.2 Å². The molecule has 1 amide bonds. The van der Waals surface area contributed by atoms with Crippen molar-refractivity contribution in [3.05, 3.63) is 49.9 Å². The number of carbonyl (C=O) groups excluding carboxylic acids is 1. The van der Waals surface area contributed by atoms with Crippen molar-refractivity contribution in [1.29, 1.82) is 0 Å². The molecule has 4 nitrogen and oxygen atoms in total. The molecule has 0 N–H and O–H groups in total. The van der Waals surface area contributed by atoms with Gasteiger partial charge in [0.05, 0.1) is 12.2 Å². The van der Waals surface area contributed by atoms with Gasteiger partial charge in [0.25, 0.3) is 5.91 Å². The van der Waals surface area contributed by atoms with E-state index in [4.69, 9.17) is 4.98 Å². The number of piperazine rings is 1. The zero-order valence-electron chi connectivity index (χ0n) is 13.5. The van der Waals surface area contributed by atoms with Gasteiger partial charge < -0.3 is 4.90 Å². The van der Waals surface area contributed by atoms with Gasteiger partial charge in [-0.1, -0.05) is 22.0 Å². The molecule has 2 heterocycles. The van der Waals surface area contributed by atoms with Crippen molar-refractivity contribution in [3.8, 4) is 0 Å². The Bertz CT molecular complexity index is 731. The molecule has 2 aliphatic rings. The largest absolute Gasteiger partial charge is 0.336 e. The molecule has 0 spiro atoms. The molecule has 126 valence electrons. The Kier molecular flexibility index (Phi) is 4.70. The zero-order valence-corrected chi connectivity index (χ0v) is 15.9. The molecule has 0 unspecified atom stereocenters. The molecule has 1 aromatic carbocycles. The number of aryl methyl sites for hydroxylation is 2. The highest BCUT2D eigenvalue weighted by molar-refractivity contribution is 9.10. The lowest BCUT2D eigenvalue weighted by Crippen LogP contribution is -2.48. The van der Waals surface area contributed by atoms with Crippen LogP contribution in [0.25, 0.3) is 0 Å². The van der Waals surface area contributed by atoms with Crippen molar-refractivity contribution in [2.75, 3.05) is 26.2 Å². The predicted molar refractivity (Wildman–Crippen MR) is 99.5 cm³/mol. The molecular weight excluding hydrogens is 386 g/mol. The van der Waals surface area contributed by atoms with Gasteiger partial charge in [0, 0.05) is 41.1 Å². The first-order chi connectivity index (χ1) is 11.7. The van der Waals surface area contributed by atoms with Crippen LogP contribution in [0.15, 0.2) is 28.7 Å². The second kappa shape index (κ2) is 6.94. The van der Waals surface area contributed by atoms with Gasteiger partial charge in [-0.2, -0.15) is 0 Å². The van der Waals surface area contributed by atoms with Gasteiger partial charge in [-0.05, 0) is 37.5 Å². The van der Waals surface area contributed by atoms with Crippen LogP contribution in [0.3, 0.4) is 0 Å². The third kappa shape index (κ3) is 3.41. The lowest BCUT2D eigenvalue weighted by Gasteiger charge is -2.34. The Morgan fingerprint density at radius 1 is 1.21 bits per heavy atom. The van der Waals surface area contributed by atoms with Crippen LogP contribution in [-0.2, 0) is 19.4 Å². The van der Waals surface area contributed by atoms with Gasteiger partial charge in [-0.3, -0.25) is 9.69 Å². The highest BCUT2D eigenvalue weighted by atomic mass is 79.9. The van der Waals surface area contributed by atoms with Gasteiger partial charge in [0.15, 0.2) is 0 Å². The maximum absolute atomic E-state index is 12.6. The van der Waals surface area contributed by atoms with Gasteiger partial charge in [-0.15, -0.1) is 11.3 Å². The lowest BCUT2D eigenvalue weighted by atomic mass is 10.2. The molecule has 1 aliphatic heterocycles. The van der Waals surface area contributed by atoms with E-state index in [-0.39, 0.29) is 5.91 Å². The molecule has 1 saturated heterocycles. The first kappa shape index (κ1) is 16.2. The maximum atomic E-state index is 12.6. The van der Waals surface area contributed by atoms with Crippen LogP contribution in [0.2, 0.25) is 0 Å². The lowest BCUT2D eigenvalue weighted by molar-refractivity contribution is 0.0628. The van der Waals surface area contributed by atoms with Crippen LogP contribution >= 0.6 is 27.3 Å². The van der Waals surface area contributed by atoms with E-state index in [0.717, 1.165) is 49.2 Å².